The molecule has 0 amide bonds. The molecule has 0 radical (unpaired) electrons. The molecule has 0 saturated carbocycles. The van der Waals surface area contributed by atoms with E-state index in [9.17, 15) is 16.8 Å². The van der Waals surface area contributed by atoms with Crippen molar-refractivity contribution in [2.45, 2.75) is 25.2 Å². The first-order valence-electron chi connectivity index (χ1n) is 5.31. The molecule has 0 aromatic rings. The molecule has 20 N–H and O–H groups in total. The van der Waals surface area contributed by atoms with Gasteiger partial charge in [0.2, 0.25) is 0 Å². The summed E-state index contributed by atoms with van der Waals surface area (Å²) in [5.41, 5.74) is 45.3. The van der Waals surface area contributed by atoms with Crippen molar-refractivity contribution in [1.29, 1.82) is 0 Å². The van der Waals surface area contributed by atoms with E-state index in [1.807, 2.05) is 0 Å². The van der Waals surface area contributed by atoms with Crippen molar-refractivity contribution in [1.82, 2.24) is 4.90 Å². The highest BCUT2D eigenvalue weighted by molar-refractivity contribution is 7.83. The van der Waals surface area contributed by atoms with E-state index in [-0.39, 0.29) is 0 Å². The zero-order valence-corrected chi connectivity index (χ0v) is 13.7. The van der Waals surface area contributed by atoms with Crippen LogP contribution in [0.1, 0.15) is 0 Å². The summed E-state index contributed by atoms with van der Waals surface area (Å²) in [6.45, 7) is 0. The van der Waals surface area contributed by atoms with Crippen LogP contribution in [0.15, 0.2) is 0 Å². The second kappa shape index (κ2) is 12.7. The van der Waals surface area contributed by atoms with Gasteiger partial charge in [-0.2, -0.15) is 16.8 Å². The molecular formula is C4H24N10O8S2. The van der Waals surface area contributed by atoms with Gasteiger partial charge in [-0.3, -0.25) is 9.11 Å². The van der Waals surface area contributed by atoms with Crippen molar-refractivity contribution in [2.24, 2.45) is 51.6 Å². The minimum Gasteiger partial charge on any atom is -0.304 e. The van der Waals surface area contributed by atoms with E-state index in [0.29, 0.717) is 0 Å². The highest BCUT2D eigenvalue weighted by atomic mass is 32.3. The fraction of sp³-hybridized carbons (Fsp3) is 1.00. The van der Waals surface area contributed by atoms with E-state index in [2.05, 4.69) is 25.9 Å². The lowest BCUT2D eigenvalue weighted by Gasteiger charge is -2.31. The van der Waals surface area contributed by atoms with Crippen LogP contribution in [0.3, 0.4) is 0 Å². The van der Waals surface area contributed by atoms with Gasteiger partial charge < -0.3 is 51.6 Å². The SMILES string of the molecule is NC(N)N.NC(N)N(C(N)N)C(N)N.O=S(=O)(O)OOS(=O)(=O)O. The minimum absolute atomic E-state index is 0.667. The Labute approximate surface area is 137 Å². The maximum Gasteiger partial charge on any atom is 0.425 e. The highest BCUT2D eigenvalue weighted by Gasteiger charge is 2.18. The van der Waals surface area contributed by atoms with Crippen molar-refractivity contribution >= 4 is 20.8 Å². The van der Waals surface area contributed by atoms with E-state index in [0.717, 1.165) is 0 Å². The topological polar surface area (TPSA) is 365 Å². The van der Waals surface area contributed by atoms with Crippen molar-refractivity contribution in [3.8, 4) is 0 Å². The lowest BCUT2D eigenvalue weighted by molar-refractivity contribution is -0.105. The van der Waals surface area contributed by atoms with Gasteiger partial charge in [0.15, 0.2) is 0 Å². The van der Waals surface area contributed by atoms with Crippen molar-refractivity contribution in [3.63, 3.8) is 0 Å². The Morgan fingerprint density at radius 3 is 0.833 bits per heavy atom. The summed E-state index contributed by atoms with van der Waals surface area (Å²) >= 11 is 0. The number of nitrogens with zero attached hydrogens (tertiary/aromatic N) is 1. The molecular weight excluding hydrogens is 380 g/mol. The first-order valence-corrected chi connectivity index (χ1v) is 8.04. The molecule has 0 aliphatic rings. The molecule has 0 aromatic heterocycles. The van der Waals surface area contributed by atoms with Crippen molar-refractivity contribution < 1.29 is 34.6 Å². The molecule has 24 heavy (non-hydrogen) atoms. The fourth-order valence-corrected chi connectivity index (χ4v) is 1.23. The smallest absolute Gasteiger partial charge is 0.304 e. The standard InChI is InChI=1S/C3H15N7.CH7N3.H2O8S2/c4-1(5)10(2(6)7)3(8)9;2-1(3)4;1-9(2,3)7-8-10(4,5)6/h1-3H,4-9H2;1H,2-4H2;(H,1,2,3)(H,4,5,6). The van der Waals surface area contributed by atoms with Crippen LogP contribution in [0, 0.1) is 0 Å². The van der Waals surface area contributed by atoms with Crippen LogP contribution in [0.4, 0.5) is 0 Å². The molecule has 0 rings (SSSR count). The van der Waals surface area contributed by atoms with Gasteiger partial charge in [-0.05, 0) is 0 Å². The van der Waals surface area contributed by atoms with Crippen LogP contribution >= 0.6 is 0 Å². The molecule has 0 aliphatic carbocycles. The maximum atomic E-state index is 9.51. The first kappa shape index (κ1) is 28.2. The second-order valence-corrected chi connectivity index (χ2v) is 5.47. The van der Waals surface area contributed by atoms with Gasteiger partial charge in [0, 0.05) is 0 Å². The predicted octanol–water partition coefficient (Wildman–Crippen LogP) is -7.42. The third-order valence-electron chi connectivity index (χ3n) is 1.23. The quantitative estimate of drug-likeness (QED) is 0.0846. The van der Waals surface area contributed by atoms with E-state index in [1.165, 1.54) is 4.90 Å². The molecule has 18 nitrogen and oxygen atoms in total. The van der Waals surface area contributed by atoms with E-state index in [4.69, 9.17) is 43.5 Å². The number of hydrogen-bond donors (Lipinski definition) is 11. The molecule has 0 spiro atoms. The molecule has 20 heteroatoms. The molecule has 0 unspecified atom stereocenters. The zero-order chi connectivity index (χ0) is 20.3. The lowest BCUT2D eigenvalue weighted by Crippen LogP contribution is -2.68. The first-order chi connectivity index (χ1) is 10.4. The largest absolute Gasteiger partial charge is 0.425 e. The van der Waals surface area contributed by atoms with Gasteiger partial charge in [0.1, 0.15) is 25.2 Å². The Morgan fingerprint density at radius 2 is 0.792 bits per heavy atom. The summed E-state index contributed by atoms with van der Waals surface area (Å²) in [5.74, 6) is 0. The molecule has 0 aromatic carbocycles. The molecule has 0 bridgehead atoms. The van der Waals surface area contributed by atoms with Crippen LogP contribution in [0.25, 0.3) is 0 Å². The third-order valence-corrected chi connectivity index (χ3v) is 1.80. The zero-order valence-electron chi connectivity index (χ0n) is 12.1. The van der Waals surface area contributed by atoms with Crippen molar-refractivity contribution in [3.05, 3.63) is 0 Å². The van der Waals surface area contributed by atoms with Crippen LogP contribution in [-0.2, 0) is 29.5 Å². The van der Waals surface area contributed by atoms with Crippen LogP contribution in [0.2, 0.25) is 0 Å². The molecule has 0 fully saturated rings. The average molecular weight is 404 g/mol. The maximum absolute atomic E-state index is 9.51. The average Bonchev–Trinajstić information content (AvgIpc) is 2.22. The van der Waals surface area contributed by atoms with Crippen LogP contribution < -0.4 is 51.6 Å². The Balaban J connectivity index is -0.000000301. The van der Waals surface area contributed by atoms with Crippen LogP contribution in [0.5, 0.6) is 0 Å². The van der Waals surface area contributed by atoms with Gasteiger partial charge in [-0.25, -0.2) is 4.90 Å². The monoisotopic (exact) mass is 404 g/mol. The van der Waals surface area contributed by atoms with Crippen molar-refractivity contribution in [2.75, 3.05) is 0 Å². The molecule has 150 valence electrons. The number of hydrogen-bond acceptors (Lipinski definition) is 16. The van der Waals surface area contributed by atoms with E-state index < -0.39 is 46.0 Å². The third kappa shape index (κ3) is 26.2. The summed E-state index contributed by atoms with van der Waals surface area (Å²) in [4.78, 5) is 1.17. The summed E-state index contributed by atoms with van der Waals surface area (Å²) in [5, 5.41) is 0. The summed E-state index contributed by atoms with van der Waals surface area (Å²) in [6, 6.07) is 0. The molecule has 0 saturated heterocycles. The highest BCUT2D eigenvalue weighted by Crippen LogP contribution is 1.92. The van der Waals surface area contributed by atoms with Gasteiger partial charge in [0.25, 0.3) is 0 Å². The van der Waals surface area contributed by atoms with Gasteiger partial charge in [-0.15, -0.1) is 0 Å². The predicted molar refractivity (Wildman–Crippen MR) is 79.9 cm³/mol. The van der Waals surface area contributed by atoms with E-state index >= 15 is 0 Å². The van der Waals surface area contributed by atoms with Gasteiger partial charge in [-0.1, -0.05) is 8.67 Å². The minimum atomic E-state index is -5.02. The Kier molecular flexibility index (Phi) is 14.9. The number of rotatable bonds is 6. The van der Waals surface area contributed by atoms with E-state index in [1.54, 1.807) is 0 Å². The Morgan fingerprint density at radius 1 is 0.625 bits per heavy atom. The fourth-order valence-electron chi connectivity index (χ4n) is 0.666. The molecule has 0 aliphatic heterocycles. The van der Waals surface area contributed by atoms with Gasteiger partial charge in [0.05, 0.1) is 0 Å². The summed E-state index contributed by atoms with van der Waals surface area (Å²) in [6.07, 6.45) is -3.17. The Hall–Kier alpha value is -0.660. The number of nitrogens with two attached hydrogens (primary N) is 9. The van der Waals surface area contributed by atoms with Gasteiger partial charge >= 0.3 is 20.8 Å². The second-order valence-electron chi connectivity index (χ2n) is 3.49. The Bertz CT molecular complexity index is 451. The summed E-state index contributed by atoms with van der Waals surface area (Å²) < 4.78 is 58.9. The normalized spacial score (nSPS) is 12.3. The molecule has 0 atom stereocenters. The lowest BCUT2D eigenvalue weighted by atomic mass is 10.6. The molecule has 0 heterocycles. The summed E-state index contributed by atoms with van der Waals surface area (Å²) in [7, 11) is -10.0. The van der Waals surface area contributed by atoms with Crippen LogP contribution in [-0.4, -0.2) is 56.0 Å².